The zero-order chi connectivity index (χ0) is 22.9. The number of alkyl halides is 3. The Bertz CT molecular complexity index is 1190. The first-order valence-electron chi connectivity index (χ1n) is 9.63. The lowest BCUT2D eigenvalue weighted by atomic mass is 10.1. The van der Waals surface area contributed by atoms with E-state index >= 15 is 0 Å². The average Bonchev–Trinajstić information content (AvgIpc) is 3.35. The van der Waals surface area contributed by atoms with Crippen molar-refractivity contribution in [2.75, 3.05) is 16.8 Å². The molecule has 1 aliphatic heterocycles. The van der Waals surface area contributed by atoms with E-state index in [4.69, 9.17) is 4.74 Å². The molecule has 0 saturated heterocycles. The van der Waals surface area contributed by atoms with Gasteiger partial charge in [-0.25, -0.2) is 4.90 Å². The molecule has 164 valence electrons. The van der Waals surface area contributed by atoms with Gasteiger partial charge in [0, 0.05) is 16.6 Å². The second-order valence-corrected chi connectivity index (χ2v) is 7.75. The lowest BCUT2D eigenvalue weighted by Crippen LogP contribution is -2.32. The van der Waals surface area contributed by atoms with Gasteiger partial charge >= 0.3 is 6.18 Å². The van der Waals surface area contributed by atoms with Gasteiger partial charge in [-0.2, -0.15) is 13.2 Å². The van der Waals surface area contributed by atoms with Crippen LogP contribution >= 0.6 is 11.3 Å². The summed E-state index contributed by atoms with van der Waals surface area (Å²) < 4.78 is 44.2. The van der Waals surface area contributed by atoms with Crippen LogP contribution in [0.5, 0.6) is 5.75 Å². The normalized spacial score (nSPS) is 14.3. The minimum atomic E-state index is -4.52. The molecule has 0 spiro atoms. The number of anilines is 2. The summed E-state index contributed by atoms with van der Waals surface area (Å²) in [6, 6.07) is 14.3. The summed E-state index contributed by atoms with van der Waals surface area (Å²) in [5.41, 5.74) is -0.0621. The maximum absolute atomic E-state index is 13.3. The van der Waals surface area contributed by atoms with Crippen LogP contribution in [-0.4, -0.2) is 18.4 Å². The molecule has 3 aromatic rings. The van der Waals surface area contributed by atoms with E-state index in [1.807, 2.05) is 6.92 Å². The number of carbonyl (C=O) groups excluding carboxylic acids is 2. The van der Waals surface area contributed by atoms with Crippen molar-refractivity contribution in [3.05, 3.63) is 82.2 Å². The molecule has 0 atom stereocenters. The Morgan fingerprint density at radius 2 is 1.75 bits per heavy atom. The van der Waals surface area contributed by atoms with Gasteiger partial charge in [-0.3, -0.25) is 9.59 Å². The Morgan fingerprint density at radius 3 is 2.38 bits per heavy atom. The number of ether oxygens (including phenoxy) is 1. The zero-order valence-electron chi connectivity index (χ0n) is 16.8. The van der Waals surface area contributed by atoms with E-state index in [1.54, 1.807) is 41.8 Å². The zero-order valence-corrected chi connectivity index (χ0v) is 17.6. The molecule has 5 nitrogen and oxygen atoms in total. The van der Waals surface area contributed by atoms with E-state index in [-0.39, 0.29) is 17.0 Å². The van der Waals surface area contributed by atoms with Crippen LogP contribution in [0.15, 0.2) is 71.7 Å². The Kier molecular flexibility index (Phi) is 5.75. The fourth-order valence-corrected chi connectivity index (χ4v) is 4.07. The van der Waals surface area contributed by atoms with Gasteiger partial charge in [0.05, 0.1) is 23.4 Å². The molecule has 9 heteroatoms. The van der Waals surface area contributed by atoms with E-state index in [0.29, 0.717) is 22.9 Å². The maximum atomic E-state index is 13.3. The Morgan fingerprint density at radius 1 is 1.00 bits per heavy atom. The van der Waals surface area contributed by atoms with Crippen LogP contribution in [0.25, 0.3) is 5.57 Å². The molecule has 0 fully saturated rings. The largest absolute Gasteiger partial charge is 0.494 e. The molecule has 2 heterocycles. The summed E-state index contributed by atoms with van der Waals surface area (Å²) >= 11 is 1.28. The van der Waals surface area contributed by atoms with Crippen LogP contribution in [0.4, 0.5) is 24.5 Å². The van der Waals surface area contributed by atoms with Crippen molar-refractivity contribution in [3.63, 3.8) is 0 Å². The van der Waals surface area contributed by atoms with Crippen molar-refractivity contribution in [2.45, 2.75) is 13.1 Å². The molecule has 1 aliphatic rings. The number of nitrogens with zero attached hydrogens (tertiary/aromatic N) is 1. The third-order valence-corrected chi connectivity index (χ3v) is 5.61. The SMILES string of the molecule is CCOc1cccc(NC2=C(c3cccs3)C(=O)N(c3ccc(C(F)(F)F)cc3)C2=O)c1. The second-order valence-electron chi connectivity index (χ2n) is 6.80. The third kappa shape index (κ3) is 4.11. The number of hydrogen-bond donors (Lipinski definition) is 1. The van der Waals surface area contributed by atoms with E-state index in [1.165, 1.54) is 11.3 Å². The number of amides is 2. The van der Waals surface area contributed by atoms with E-state index in [2.05, 4.69) is 5.32 Å². The summed E-state index contributed by atoms with van der Waals surface area (Å²) in [5, 5.41) is 4.78. The highest BCUT2D eigenvalue weighted by atomic mass is 32.1. The highest BCUT2D eigenvalue weighted by Crippen LogP contribution is 2.37. The smallest absolute Gasteiger partial charge is 0.416 e. The molecule has 0 aliphatic carbocycles. The van der Waals surface area contributed by atoms with Crippen LogP contribution in [-0.2, 0) is 15.8 Å². The number of thiophene rings is 1. The molecule has 1 N–H and O–H groups in total. The number of hydrogen-bond acceptors (Lipinski definition) is 5. The average molecular weight is 458 g/mol. The quantitative estimate of drug-likeness (QED) is 0.491. The fourth-order valence-electron chi connectivity index (χ4n) is 3.30. The van der Waals surface area contributed by atoms with Gasteiger partial charge in [0.1, 0.15) is 11.4 Å². The highest BCUT2D eigenvalue weighted by molar-refractivity contribution is 7.11. The van der Waals surface area contributed by atoms with Gasteiger partial charge in [0.25, 0.3) is 11.8 Å². The first kappa shape index (κ1) is 21.6. The summed E-state index contributed by atoms with van der Waals surface area (Å²) in [5.74, 6) is -0.673. The lowest BCUT2D eigenvalue weighted by molar-refractivity contribution is -0.137. The number of halogens is 3. The highest BCUT2D eigenvalue weighted by Gasteiger charge is 2.41. The van der Waals surface area contributed by atoms with Gasteiger partial charge in [-0.15, -0.1) is 11.3 Å². The third-order valence-electron chi connectivity index (χ3n) is 4.72. The molecule has 0 bridgehead atoms. The summed E-state index contributed by atoms with van der Waals surface area (Å²) in [6.07, 6.45) is -4.52. The standard InChI is InChI=1S/C23H17F3N2O3S/c1-2-31-17-6-3-5-15(13-17)27-20-19(18-7-4-12-32-18)21(29)28(22(20)30)16-10-8-14(9-11-16)23(24,25)26/h3-13,27H,2H2,1H3. The molecule has 0 radical (unpaired) electrons. The molecule has 0 unspecified atom stereocenters. The molecule has 32 heavy (non-hydrogen) atoms. The predicted molar refractivity (Wildman–Crippen MR) is 116 cm³/mol. The molecule has 2 amide bonds. The van der Waals surface area contributed by atoms with E-state index in [0.717, 1.165) is 29.2 Å². The second kappa shape index (κ2) is 8.51. The van der Waals surface area contributed by atoms with Gasteiger partial charge < -0.3 is 10.1 Å². The number of benzene rings is 2. The molecular formula is C23H17F3N2O3S. The van der Waals surface area contributed by atoms with Crippen LogP contribution in [0, 0.1) is 0 Å². The van der Waals surface area contributed by atoms with Crippen molar-refractivity contribution >= 4 is 40.1 Å². The first-order chi connectivity index (χ1) is 15.3. The van der Waals surface area contributed by atoms with Crippen LogP contribution in [0.3, 0.4) is 0 Å². The molecule has 0 saturated carbocycles. The van der Waals surface area contributed by atoms with Gasteiger partial charge in [-0.05, 0) is 54.8 Å². The number of rotatable bonds is 6. The Hall–Kier alpha value is -3.59. The van der Waals surface area contributed by atoms with Gasteiger partial charge in [-0.1, -0.05) is 12.1 Å². The monoisotopic (exact) mass is 458 g/mol. The Labute approximate surface area is 185 Å². The van der Waals surface area contributed by atoms with Crippen LogP contribution in [0.2, 0.25) is 0 Å². The summed E-state index contributed by atoms with van der Waals surface area (Å²) in [7, 11) is 0. The van der Waals surface area contributed by atoms with E-state index in [9.17, 15) is 22.8 Å². The molecule has 2 aromatic carbocycles. The number of nitrogens with one attached hydrogen (secondary N) is 1. The predicted octanol–water partition coefficient (Wildman–Crippen LogP) is 5.56. The minimum absolute atomic E-state index is 0.0472. The van der Waals surface area contributed by atoms with Crippen LogP contribution < -0.4 is 15.0 Å². The van der Waals surface area contributed by atoms with Gasteiger partial charge in [0.15, 0.2) is 0 Å². The van der Waals surface area contributed by atoms with E-state index < -0.39 is 23.6 Å². The topological polar surface area (TPSA) is 58.6 Å². The Balaban J connectivity index is 1.72. The summed E-state index contributed by atoms with van der Waals surface area (Å²) in [6.45, 7) is 2.31. The minimum Gasteiger partial charge on any atom is -0.494 e. The van der Waals surface area contributed by atoms with Crippen molar-refractivity contribution < 1.29 is 27.5 Å². The maximum Gasteiger partial charge on any atom is 0.416 e. The van der Waals surface area contributed by atoms with Crippen molar-refractivity contribution in [1.29, 1.82) is 0 Å². The number of carbonyl (C=O) groups is 2. The summed E-state index contributed by atoms with van der Waals surface area (Å²) in [4.78, 5) is 27.9. The number of imide groups is 1. The van der Waals surface area contributed by atoms with Crippen molar-refractivity contribution in [3.8, 4) is 5.75 Å². The first-order valence-corrected chi connectivity index (χ1v) is 10.5. The molecule has 1 aromatic heterocycles. The van der Waals surface area contributed by atoms with Gasteiger partial charge in [0.2, 0.25) is 0 Å². The molecule has 4 rings (SSSR count). The molecular weight excluding hydrogens is 441 g/mol. The van der Waals surface area contributed by atoms with Crippen LogP contribution in [0.1, 0.15) is 17.4 Å². The van der Waals surface area contributed by atoms with Crippen molar-refractivity contribution in [2.24, 2.45) is 0 Å². The fraction of sp³-hybridized carbons (Fsp3) is 0.130. The lowest BCUT2D eigenvalue weighted by Gasteiger charge is -2.16. The van der Waals surface area contributed by atoms with Crippen molar-refractivity contribution in [1.82, 2.24) is 0 Å².